The molecule has 1 heterocycles. The van der Waals surface area contributed by atoms with E-state index in [1.165, 1.54) is 37.3 Å². The number of aliphatic hydroxyl groups is 1. The number of aromatic hydroxyl groups is 3. The van der Waals surface area contributed by atoms with Crippen molar-refractivity contribution >= 4 is 11.7 Å². The average molecular weight is 345 g/mol. The maximum absolute atomic E-state index is 11.1. The number of fused-ring (bicyclic) bond motifs is 1. The lowest BCUT2D eigenvalue weighted by molar-refractivity contribution is -0.218. The summed E-state index contributed by atoms with van der Waals surface area (Å²) in [6.45, 7) is 1.19. The number of phenolic OH excluding ortho intramolecular Hbond substituents is 3. The topological polar surface area (TPSA) is 128 Å². The van der Waals surface area contributed by atoms with Gasteiger partial charge in [-0.3, -0.25) is 4.79 Å². The van der Waals surface area contributed by atoms with E-state index in [1.54, 1.807) is 0 Å². The fourth-order valence-corrected chi connectivity index (χ4v) is 2.42. The Balaban J connectivity index is 2.12. The molecule has 8 heteroatoms. The van der Waals surface area contributed by atoms with Crippen LogP contribution in [0.1, 0.15) is 18.1 Å². The summed E-state index contributed by atoms with van der Waals surface area (Å²) in [6, 6.07) is 8.10. The minimum absolute atomic E-state index is 0.0422. The number of benzene rings is 2. The van der Waals surface area contributed by atoms with Crippen molar-refractivity contribution in [3.63, 3.8) is 0 Å². The molecule has 0 spiro atoms. The Morgan fingerprint density at radius 3 is 2.44 bits per heavy atom. The number of amides is 1. The first-order valence-electron chi connectivity index (χ1n) is 7.22. The van der Waals surface area contributed by atoms with Crippen LogP contribution in [-0.4, -0.2) is 26.3 Å². The second-order valence-electron chi connectivity index (χ2n) is 5.45. The van der Waals surface area contributed by atoms with Crippen molar-refractivity contribution < 1.29 is 34.8 Å². The van der Waals surface area contributed by atoms with Gasteiger partial charge in [0.2, 0.25) is 11.7 Å². The number of ether oxygens (including phenoxy) is 1. The van der Waals surface area contributed by atoms with Gasteiger partial charge in [-0.25, -0.2) is 10.3 Å². The molecular weight excluding hydrogens is 330 g/mol. The molecule has 25 heavy (non-hydrogen) atoms. The Hall–Kier alpha value is -3.23. The molecule has 8 nitrogen and oxygen atoms in total. The van der Waals surface area contributed by atoms with E-state index in [1.807, 2.05) is 5.48 Å². The van der Waals surface area contributed by atoms with Crippen molar-refractivity contribution in [3.05, 3.63) is 53.6 Å². The van der Waals surface area contributed by atoms with Crippen molar-refractivity contribution in [2.45, 2.75) is 12.7 Å². The van der Waals surface area contributed by atoms with Crippen molar-refractivity contribution in [2.75, 3.05) is 0 Å². The molecule has 5 N–H and O–H groups in total. The van der Waals surface area contributed by atoms with Gasteiger partial charge in [0.15, 0.2) is 0 Å². The third kappa shape index (κ3) is 3.21. The zero-order valence-electron chi connectivity index (χ0n) is 13.1. The molecule has 2 aromatic rings. The van der Waals surface area contributed by atoms with Crippen molar-refractivity contribution in [2.24, 2.45) is 0 Å². The number of rotatable bonds is 3. The van der Waals surface area contributed by atoms with Crippen LogP contribution in [0.3, 0.4) is 0 Å². The molecule has 1 atom stereocenters. The van der Waals surface area contributed by atoms with Crippen LogP contribution < -0.4 is 10.2 Å². The van der Waals surface area contributed by atoms with Crippen LogP contribution in [0.2, 0.25) is 0 Å². The van der Waals surface area contributed by atoms with Gasteiger partial charge in [-0.05, 0) is 24.3 Å². The number of hydroxylamine groups is 1. The van der Waals surface area contributed by atoms with Crippen molar-refractivity contribution in [1.29, 1.82) is 0 Å². The van der Waals surface area contributed by atoms with E-state index in [9.17, 15) is 25.2 Å². The van der Waals surface area contributed by atoms with E-state index in [2.05, 4.69) is 0 Å². The molecule has 3 rings (SSSR count). The Morgan fingerprint density at radius 2 is 1.80 bits per heavy atom. The second kappa shape index (κ2) is 6.00. The van der Waals surface area contributed by atoms with Crippen LogP contribution >= 0.6 is 0 Å². The standard InChI is InChI=1S/C17H15NO7/c1-9(19)18-25-17(23)8-15(10-2-4-11(20)5-3-10)24-14-7-12(21)6-13(22)16(14)17/h2-8,20-23H,1H3,(H,18,19). The number of hydrogen-bond acceptors (Lipinski definition) is 7. The van der Waals surface area contributed by atoms with Gasteiger partial charge >= 0.3 is 0 Å². The van der Waals surface area contributed by atoms with E-state index in [4.69, 9.17) is 9.57 Å². The van der Waals surface area contributed by atoms with Gasteiger partial charge in [0.25, 0.3) is 0 Å². The van der Waals surface area contributed by atoms with Gasteiger partial charge in [-0.1, -0.05) is 0 Å². The number of phenols is 3. The Kier molecular flexibility index (Phi) is 3.99. The predicted molar refractivity (Wildman–Crippen MR) is 85.3 cm³/mol. The zero-order chi connectivity index (χ0) is 18.2. The third-order valence-corrected chi connectivity index (χ3v) is 3.47. The normalized spacial score (nSPS) is 18.7. The van der Waals surface area contributed by atoms with Crippen molar-refractivity contribution in [1.82, 2.24) is 5.48 Å². The summed E-state index contributed by atoms with van der Waals surface area (Å²) in [5.74, 6) is -3.47. The number of nitrogens with one attached hydrogen (secondary N) is 1. The summed E-state index contributed by atoms with van der Waals surface area (Å²) in [7, 11) is 0. The highest BCUT2D eigenvalue weighted by Gasteiger charge is 2.41. The monoisotopic (exact) mass is 345 g/mol. The second-order valence-corrected chi connectivity index (χ2v) is 5.45. The number of carbonyl (C=O) groups excluding carboxylic acids is 1. The fraction of sp³-hybridized carbons (Fsp3) is 0.118. The molecule has 130 valence electrons. The highest BCUT2D eigenvalue weighted by molar-refractivity contribution is 5.72. The molecular formula is C17H15NO7. The van der Waals surface area contributed by atoms with Crippen LogP contribution in [0.25, 0.3) is 5.76 Å². The Morgan fingerprint density at radius 1 is 1.12 bits per heavy atom. The zero-order valence-corrected chi connectivity index (χ0v) is 13.1. The van der Waals surface area contributed by atoms with Gasteiger partial charge in [-0.15, -0.1) is 0 Å². The molecule has 0 saturated carbocycles. The van der Waals surface area contributed by atoms with Gasteiger partial charge in [0, 0.05) is 30.7 Å². The molecule has 1 aliphatic heterocycles. The number of carbonyl (C=O) groups is 1. The highest BCUT2D eigenvalue weighted by atomic mass is 16.7. The molecule has 1 aliphatic rings. The molecule has 0 aromatic heterocycles. The molecule has 0 radical (unpaired) electrons. The molecule has 1 amide bonds. The largest absolute Gasteiger partial charge is 0.508 e. The van der Waals surface area contributed by atoms with E-state index in [0.29, 0.717) is 5.56 Å². The van der Waals surface area contributed by atoms with E-state index >= 15 is 0 Å². The molecule has 0 aliphatic carbocycles. The maximum Gasteiger partial charge on any atom is 0.248 e. The number of hydrogen-bond donors (Lipinski definition) is 5. The minimum Gasteiger partial charge on any atom is -0.508 e. The van der Waals surface area contributed by atoms with Gasteiger partial charge in [-0.2, -0.15) is 0 Å². The fourth-order valence-electron chi connectivity index (χ4n) is 2.42. The van der Waals surface area contributed by atoms with E-state index < -0.39 is 17.4 Å². The van der Waals surface area contributed by atoms with E-state index in [0.717, 1.165) is 12.1 Å². The smallest absolute Gasteiger partial charge is 0.248 e. The summed E-state index contributed by atoms with van der Waals surface area (Å²) in [5, 5.41) is 40.0. The molecule has 0 saturated heterocycles. The summed E-state index contributed by atoms with van der Waals surface area (Å²) in [5.41, 5.74) is 2.32. The third-order valence-electron chi connectivity index (χ3n) is 3.47. The van der Waals surface area contributed by atoms with Gasteiger partial charge in [0.1, 0.15) is 34.3 Å². The lowest BCUT2D eigenvalue weighted by atomic mass is 9.98. The lowest BCUT2D eigenvalue weighted by Crippen LogP contribution is -2.38. The SMILES string of the molecule is CC(=O)NOC1(O)C=C(c2ccc(O)cc2)Oc2cc(O)cc(O)c21. The first kappa shape index (κ1) is 16.6. The Bertz CT molecular complexity index is 860. The first-order chi connectivity index (χ1) is 11.8. The molecule has 0 fully saturated rings. The summed E-state index contributed by atoms with van der Waals surface area (Å²) >= 11 is 0. The Labute approximate surface area is 142 Å². The summed E-state index contributed by atoms with van der Waals surface area (Å²) in [4.78, 5) is 16.2. The van der Waals surface area contributed by atoms with Gasteiger partial charge in [0.05, 0.1) is 0 Å². The molecule has 1 unspecified atom stereocenters. The van der Waals surface area contributed by atoms with Crippen LogP contribution in [0.5, 0.6) is 23.0 Å². The van der Waals surface area contributed by atoms with Crippen LogP contribution in [0.15, 0.2) is 42.5 Å². The van der Waals surface area contributed by atoms with Crippen LogP contribution in [0, 0.1) is 0 Å². The quantitative estimate of drug-likeness (QED) is 0.421. The van der Waals surface area contributed by atoms with Crippen LogP contribution in [0.4, 0.5) is 0 Å². The molecule has 2 aromatic carbocycles. The first-order valence-corrected chi connectivity index (χ1v) is 7.22. The average Bonchev–Trinajstić information content (AvgIpc) is 2.52. The van der Waals surface area contributed by atoms with Gasteiger partial charge < -0.3 is 25.2 Å². The summed E-state index contributed by atoms with van der Waals surface area (Å²) in [6.07, 6.45) is 1.15. The van der Waals surface area contributed by atoms with E-state index in [-0.39, 0.29) is 28.6 Å². The minimum atomic E-state index is -2.25. The predicted octanol–water partition coefficient (Wildman–Crippen LogP) is 1.45. The lowest BCUT2D eigenvalue weighted by Gasteiger charge is -2.32. The van der Waals surface area contributed by atoms with Crippen molar-refractivity contribution in [3.8, 4) is 23.0 Å². The summed E-state index contributed by atoms with van der Waals surface area (Å²) < 4.78 is 5.63. The maximum atomic E-state index is 11.1. The van der Waals surface area contributed by atoms with Crippen LogP contribution in [-0.2, 0) is 15.4 Å². The highest BCUT2D eigenvalue weighted by Crippen LogP contribution is 2.46. The molecule has 0 bridgehead atoms.